The fourth-order valence-corrected chi connectivity index (χ4v) is 5.46. The number of nitrogens with zero attached hydrogens (tertiary/aromatic N) is 2. The molecule has 2 aromatic rings. The highest BCUT2D eigenvalue weighted by molar-refractivity contribution is 6.47. The Morgan fingerprint density at radius 1 is 1.15 bits per heavy atom. The molecule has 0 aromatic heterocycles. The summed E-state index contributed by atoms with van der Waals surface area (Å²) in [6, 6.07) is 11.6. The van der Waals surface area contributed by atoms with Crippen molar-refractivity contribution < 1.29 is 18.7 Å². The zero-order valence-electron chi connectivity index (χ0n) is 18.5. The maximum atomic E-state index is 13.9. The highest BCUT2D eigenvalue weighted by Crippen LogP contribution is 2.52. The van der Waals surface area contributed by atoms with Crippen molar-refractivity contribution >= 4 is 29.2 Å². The van der Waals surface area contributed by atoms with Crippen molar-refractivity contribution in [3.63, 3.8) is 0 Å². The summed E-state index contributed by atoms with van der Waals surface area (Å²) in [4.78, 5) is 32.9. The molecule has 0 saturated heterocycles. The Morgan fingerprint density at radius 2 is 1.85 bits per heavy atom. The van der Waals surface area contributed by atoms with Crippen LogP contribution in [0.1, 0.15) is 72.5 Å². The molecule has 1 heterocycles. The Kier molecular flexibility index (Phi) is 5.73. The molecule has 33 heavy (non-hydrogen) atoms. The monoisotopic (exact) mass is 468 g/mol. The van der Waals surface area contributed by atoms with Crippen LogP contribution in [0.4, 0.5) is 4.39 Å². The van der Waals surface area contributed by atoms with Crippen molar-refractivity contribution in [2.75, 3.05) is 7.11 Å². The van der Waals surface area contributed by atoms with Crippen molar-refractivity contribution in [1.82, 2.24) is 4.90 Å². The van der Waals surface area contributed by atoms with Gasteiger partial charge in [-0.05, 0) is 80.3 Å². The molecular weight excluding hydrogens is 443 g/mol. The molecule has 0 N–H and O–H groups in total. The topological polar surface area (TPSA) is 59.0 Å². The Bertz CT molecular complexity index is 1120. The lowest BCUT2D eigenvalue weighted by atomic mass is 9.86. The number of amides is 1. The molecule has 5 nitrogen and oxygen atoms in total. The van der Waals surface area contributed by atoms with Gasteiger partial charge in [0, 0.05) is 5.56 Å². The number of ether oxygens (including phenoxy) is 1. The molecule has 1 spiro atoms. The maximum absolute atomic E-state index is 13.9. The summed E-state index contributed by atoms with van der Waals surface area (Å²) in [6.07, 6.45) is 6.83. The van der Waals surface area contributed by atoms with Crippen molar-refractivity contribution in [3.8, 4) is 0 Å². The minimum atomic E-state index is -0.597. The van der Waals surface area contributed by atoms with Gasteiger partial charge in [0.05, 0.1) is 23.7 Å². The van der Waals surface area contributed by atoms with Crippen LogP contribution in [0.3, 0.4) is 0 Å². The van der Waals surface area contributed by atoms with E-state index in [1.807, 2.05) is 17.0 Å². The maximum Gasteiger partial charge on any atom is 0.337 e. The smallest absolute Gasteiger partial charge is 0.337 e. The summed E-state index contributed by atoms with van der Waals surface area (Å²) in [5.74, 6) is -0.682. The van der Waals surface area contributed by atoms with Crippen LogP contribution in [0.25, 0.3) is 0 Å². The molecular formula is C26H26ClFN2O3. The lowest BCUT2D eigenvalue weighted by Gasteiger charge is -2.44. The molecule has 0 bridgehead atoms. The van der Waals surface area contributed by atoms with Crippen LogP contribution in [0.15, 0.2) is 47.5 Å². The SMILES string of the molecule is COC(=O)c1ccc([C@@H](C2CC2)N2C(=O)C(c3ccc(F)c(Cl)c3)=NC23CCCCC3)cc1. The zero-order valence-corrected chi connectivity index (χ0v) is 19.3. The Labute approximate surface area is 197 Å². The van der Waals surface area contributed by atoms with E-state index in [2.05, 4.69) is 0 Å². The van der Waals surface area contributed by atoms with Gasteiger partial charge in [-0.2, -0.15) is 0 Å². The van der Waals surface area contributed by atoms with E-state index in [0.717, 1.165) is 50.5 Å². The van der Waals surface area contributed by atoms with Gasteiger partial charge in [0.15, 0.2) is 0 Å². The first kappa shape index (κ1) is 22.1. The predicted octanol–water partition coefficient (Wildman–Crippen LogP) is 5.71. The van der Waals surface area contributed by atoms with E-state index in [1.165, 1.54) is 19.2 Å². The molecule has 172 valence electrons. The fraction of sp³-hybridized carbons (Fsp3) is 0.423. The normalized spacial score (nSPS) is 20.6. The predicted molar refractivity (Wildman–Crippen MR) is 124 cm³/mol. The van der Waals surface area contributed by atoms with Gasteiger partial charge in [0.1, 0.15) is 17.2 Å². The number of carbonyl (C=O) groups is 2. The van der Waals surface area contributed by atoms with Gasteiger partial charge in [-0.1, -0.05) is 30.2 Å². The second-order valence-electron chi connectivity index (χ2n) is 9.20. The highest BCUT2D eigenvalue weighted by Gasteiger charge is 2.53. The first-order valence-corrected chi connectivity index (χ1v) is 11.9. The van der Waals surface area contributed by atoms with Crippen LogP contribution in [0.5, 0.6) is 0 Å². The van der Waals surface area contributed by atoms with Crippen molar-refractivity contribution in [1.29, 1.82) is 0 Å². The molecule has 0 unspecified atom stereocenters. The van der Waals surface area contributed by atoms with E-state index in [1.54, 1.807) is 18.2 Å². The summed E-state index contributed by atoms with van der Waals surface area (Å²) in [5.41, 5.74) is 1.79. The number of aliphatic imine (C=N–C) groups is 1. The van der Waals surface area contributed by atoms with E-state index in [4.69, 9.17) is 21.3 Å². The number of rotatable bonds is 5. The fourth-order valence-electron chi connectivity index (χ4n) is 5.28. The molecule has 2 saturated carbocycles. The molecule has 0 radical (unpaired) electrons. The van der Waals surface area contributed by atoms with Gasteiger partial charge in [-0.3, -0.25) is 9.79 Å². The van der Waals surface area contributed by atoms with Crippen molar-refractivity contribution in [2.24, 2.45) is 10.9 Å². The highest BCUT2D eigenvalue weighted by atomic mass is 35.5. The molecule has 1 atom stereocenters. The minimum Gasteiger partial charge on any atom is -0.465 e. The largest absolute Gasteiger partial charge is 0.465 e. The molecule has 1 aliphatic heterocycles. The lowest BCUT2D eigenvalue weighted by molar-refractivity contribution is -0.133. The quantitative estimate of drug-likeness (QED) is 0.528. The third kappa shape index (κ3) is 3.95. The molecule has 5 rings (SSSR count). The Balaban J connectivity index is 1.56. The molecule has 2 aliphatic carbocycles. The van der Waals surface area contributed by atoms with E-state index < -0.39 is 11.5 Å². The van der Waals surface area contributed by atoms with Gasteiger partial charge in [0.25, 0.3) is 5.91 Å². The second-order valence-corrected chi connectivity index (χ2v) is 9.61. The minimum absolute atomic E-state index is 0.0173. The van der Waals surface area contributed by atoms with E-state index in [0.29, 0.717) is 22.8 Å². The van der Waals surface area contributed by atoms with Crippen molar-refractivity contribution in [3.05, 3.63) is 70.0 Å². The zero-order chi connectivity index (χ0) is 23.2. The van der Waals surface area contributed by atoms with Gasteiger partial charge in [-0.15, -0.1) is 0 Å². The first-order chi connectivity index (χ1) is 15.9. The second kappa shape index (κ2) is 8.56. The van der Waals surface area contributed by atoms with Crippen LogP contribution in [0.2, 0.25) is 5.02 Å². The summed E-state index contributed by atoms with van der Waals surface area (Å²) in [6.45, 7) is 0. The summed E-state index contributed by atoms with van der Waals surface area (Å²) in [7, 11) is 1.36. The first-order valence-electron chi connectivity index (χ1n) is 11.5. The number of halogens is 2. The number of benzene rings is 2. The summed E-state index contributed by atoms with van der Waals surface area (Å²) < 4.78 is 18.6. The molecule has 3 aliphatic rings. The number of carbonyl (C=O) groups excluding carboxylic acids is 2. The third-order valence-electron chi connectivity index (χ3n) is 7.06. The Morgan fingerprint density at radius 3 is 2.45 bits per heavy atom. The Hall–Kier alpha value is -2.73. The van der Waals surface area contributed by atoms with Crippen LogP contribution in [0, 0.1) is 11.7 Å². The molecule has 7 heteroatoms. The molecule has 2 fully saturated rings. The van der Waals surface area contributed by atoms with Crippen LogP contribution >= 0.6 is 11.6 Å². The number of methoxy groups -OCH3 is 1. The van der Waals surface area contributed by atoms with E-state index >= 15 is 0 Å². The molecule has 2 aromatic carbocycles. The summed E-state index contributed by atoms with van der Waals surface area (Å²) in [5, 5.41) is -0.0173. The van der Waals surface area contributed by atoms with Crippen LogP contribution < -0.4 is 0 Å². The average Bonchev–Trinajstić information content (AvgIpc) is 3.64. The van der Waals surface area contributed by atoms with Gasteiger partial charge in [-0.25, -0.2) is 9.18 Å². The standard InChI is InChI=1S/C26H26ClFN2O3/c1-33-25(32)18-9-7-17(8-10-18)23(16-5-6-16)30-24(31)22(19-11-12-21(28)20(27)15-19)29-26(30)13-3-2-4-14-26/h7-12,15-16,23H,2-6,13-14H2,1H3/t23-/m1/s1. The van der Waals surface area contributed by atoms with Gasteiger partial charge in [0.2, 0.25) is 0 Å². The van der Waals surface area contributed by atoms with Crippen molar-refractivity contribution in [2.45, 2.75) is 56.7 Å². The lowest BCUT2D eigenvalue weighted by Crippen LogP contribution is -2.50. The third-order valence-corrected chi connectivity index (χ3v) is 7.35. The van der Waals surface area contributed by atoms with E-state index in [-0.39, 0.29) is 22.9 Å². The summed E-state index contributed by atoms with van der Waals surface area (Å²) >= 11 is 6.03. The number of hydrogen-bond donors (Lipinski definition) is 0. The van der Waals surface area contributed by atoms with Crippen LogP contribution in [-0.2, 0) is 9.53 Å². The van der Waals surface area contributed by atoms with Gasteiger partial charge < -0.3 is 9.64 Å². The number of esters is 1. The van der Waals surface area contributed by atoms with Crippen LogP contribution in [-0.4, -0.2) is 35.3 Å². The average molecular weight is 469 g/mol. The number of hydrogen-bond acceptors (Lipinski definition) is 4. The molecule has 1 amide bonds. The van der Waals surface area contributed by atoms with E-state index in [9.17, 15) is 14.0 Å². The van der Waals surface area contributed by atoms with Gasteiger partial charge >= 0.3 is 5.97 Å².